The van der Waals surface area contributed by atoms with Crippen molar-refractivity contribution in [2.24, 2.45) is 11.8 Å². The Morgan fingerprint density at radius 2 is 1.74 bits per heavy atom. The molecule has 3 aliphatic rings. The number of ether oxygens (including phenoxy) is 1. The number of hydrogen-bond donors (Lipinski definition) is 2. The maximum absolute atomic E-state index is 12.9. The normalized spacial score (nSPS) is 24.0. The minimum absolute atomic E-state index is 0.0364. The van der Waals surface area contributed by atoms with Crippen LogP contribution in [-0.4, -0.2) is 46.0 Å². The molecule has 0 bridgehead atoms. The SMILES string of the molecule is CC(=O)N1CCOc2ccc(S(=O)(=O)NCC3CCC(C(=O)NC4CCCCCC4)CC3)cc21. The molecule has 0 unspecified atom stereocenters. The van der Waals surface area contributed by atoms with E-state index in [-0.39, 0.29) is 28.5 Å². The van der Waals surface area contributed by atoms with Crippen LogP contribution in [0.4, 0.5) is 5.69 Å². The molecule has 0 saturated heterocycles. The van der Waals surface area contributed by atoms with E-state index >= 15 is 0 Å². The Morgan fingerprint density at radius 3 is 2.41 bits per heavy atom. The van der Waals surface area contributed by atoms with Crippen LogP contribution in [0.3, 0.4) is 0 Å². The Balaban J connectivity index is 1.28. The van der Waals surface area contributed by atoms with Gasteiger partial charge in [-0.2, -0.15) is 0 Å². The smallest absolute Gasteiger partial charge is 0.240 e. The molecule has 0 aromatic heterocycles. The first kappa shape index (κ1) is 25.0. The van der Waals surface area contributed by atoms with Crippen molar-refractivity contribution in [2.45, 2.75) is 82.1 Å². The number of sulfonamides is 1. The van der Waals surface area contributed by atoms with E-state index in [1.165, 1.54) is 44.7 Å². The molecule has 2 amide bonds. The Morgan fingerprint density at radius 1 is 1.03 bits per heavy atom. The highest BCUT2D eigenvalue weighted by molar-refractivity contribution is 7.89. The topological polar surface area (TPSA) is 105 Å². The lowest BCUT2D eigenvalue weighted by molar-refractivity contribution is -0.127. The van der Waals surface area contributed by atoms with Gasteiger partial charge in [0.15, 0.2) is 0 Å². The van der Waals surface area contributed by atoms with Gasteiger partial charge in [0, 0.05) is 25.4 Å². The van der Waals surface area contributed by atoms with Crippen LogP contribution >= 0.6 is 0 Å². The lowest BCUT2D eigenvalue weighted by atomic mass is 9.81. The summed E-state index contributed by atoms with van der Waals surface area (Å²) in [4.78, 5) is 26.3. The molecule has 1 aromatic carbocycles. The fourth-order valence-electron chi connectivity index (χ4n) is 5.37. The molecule has 188 valence electrons. The molecule has 1 aliphatic heterocycles. The molecule has 2 saturated carbocycles. The molecule has 2 fully saturated rings. The first-order chi connectivity index (χ1) is 16.3. The zero-order chi connectivity index (χ0) is 24.1. The Kier molecular flexibility index (Phi) is 8.14. The lowest BCUT2D eigenvalue weighted by Crippen LogP contribution is -2.40. The van der Waals surface area contributed by atoms with Gasteiger partial charge in [0.25, 0.3) is 0 Å². The monoisotopic (exact) mass is 491 g/mol. The van der Waals surface area contributed by atoms with Crippen molar-refractivity contribution in [2.75, 3.05) is 24.6 Å². The van der Waals surface area contributed by atoms with Crippen molar-refractivity contribution in [3.8, 4) is 5.75 Å². The maximum atomic E-state index is 12.9. The van der Waals surface area contributed by atoms with E-state index in [1.54, 1.807) is 11.0 Å². The van der Waals surface area contributed by atoms with Gasteiger partial charge in [0.05, 0.1) is 17.1 Å². The van der Waals surface area contributed by atoms with Crippen molar-refractivity contribution in [3.63, 3.8) is 0 Å². The minimum Gasteiger partial charge on any atom is -0.490 e. The molecule has 2 aliphatic carbocycles. The summed E-state index contributed by atoms with van der Waals surface area (Å²) in [5, 5.41) is 3.27. The molecule has 2 N–H and O–H groups in total. The van der Waals surface area contributed by atoms with Crippen LogP contribution in [0, 0.1) is 11.8 Å². The number of amides is 2. The molecular formula is C25H37N3O5S. The fourth-order valence-corrected chi connectivity index (χ4v) is 6.51. The third-order valence-corrected chi connectivity index (χ3v) is 8.89. The molecule has 34 heavy (non-hydrogen) atoms. The number of nitrogens with zero attached hydrogens (tertiary/aromatic N) is 1. The van der Waals surface area contributed by atoms with Crippen LogP contribution in [0.5, 0.6) is 5.75 Å². The average molecular weight is 492 g/mol. The van der Waals surface area contributed by atoms with E-state index in [9.17, 15) is 18.0 Å². The predicted molar refractivity (Wildman–Crippen MR) is 130 cm³/mol. The van der Waals surface area contributed by atoms with E-state index in [2.05, 4.69) is 10.0 Å². The second-order valence-electron chi connectivity index (χ2n) is 9.92. The number of benzene rings is 1. The summed E-state index contributed by atoms with van der Waals surface area (Å²) in [6.45, 7) is 2.60. The van der Waals surface area contributed by atoms with Crippen LogP contribution in [0.1, 0.15) is 71.1 Å². The van der Waals surface area contributed by atoms with Crippen LogP contribution in [-0.2, 0) is 19.6 Å². The van der Waals surface area contributed by atoms with Gasteiger partial charge in [0.2, 0.25) is 21.8 Å². The van der Waals surface area contributed by atoms with E-state index in [4.69, 9.17) is 4.74 Å². The third kappa shape index (κ3) is 6.10. The number of anilines is 1. The summed E-state index contributed by atoms with van der Waals surface area (Å²) in [6, 6.07) is 4.95. The van der Waals surface area contributed by atoms with Crippen LogP contribution in [0.15, 0.2) is 23.1 Å². The first-order valence-corrected chi connectivity index (χ1v) is 14.2. The molecule has 0 spiro atoms. The molecule has 1 aromatic rings. The zero-order valence-corrected chi connectivity index (χ0v) is 20.9. The van der Waals surface area contributed by atoms with E-state index in [0.717, 1.165) is 38.5 Å². The van der Waals surface area contributed by atoms with Crippen molar-refractivity contribution in [1.82, 2.24) is 10.0 Å². The highest BCUT2D eigenvalue weighted by Crippen LogP contribution is 2.34. The highest BCUT2D eigenvalue weighted by Gasteiger charge is 2.29. The molecule has 9 heteroatoms. The van der Waals surface area contributed by atoms with Gasteiger partial charge in [-0.3, -0.25) is 9.59 Å². The number of fused-ring (bicyclic) bond motifs is 1. The second kappa shape index (κ2) is 11.1. The van der Waals surface area contributed by atoms with Gasteiger partial charge in [-0.15, -0.1) is 0 Å². The minimum atomic E-state index is -3.72. The summed E-state index contributed by atoms with van der Waals surface area (Å²) >= 11 is 0. The van der Waals surface area contributed by atoms with Gasteiger partial charge in [-0.1, -0.05) is 25.7 Å². The van der Waals surface area contributed by atoms with Gasteiger partial charge in [0.1, 0.15) is 12.4 Å². The van der Waals surface area contributed by atoms with E-state index < -0.39 is 10.0 Å². The number of hydrogen-bond acceptors (Lipinski definition) is 5. The van der Waals surface area contributed by atoms with Gasteiger partial charge < -0.3 is 15.0 Å². The third-order valence-electron chi connectivity index (χ3n) is 7.47. The summed E-state index contributed by atoms with van der Waals surface area (Å²) in [7, 11) is -3.72. The Labute approximate surface area is 202 Å². The quantitative estimate of drug-likeness (QED) is 0.594. The standard InChI is InChI=1S/C25H37N3O5S/c1-18(29)28-14-15-33-24-13-12-22(16-23(24)28)34(31,32)26-17-19-8-10-20(11-9-19)25(30)27-21-6-4-2-3-5-7-21/h12-13,16,19-21,26H,2-11,14-15,17H2,1H3,(H,27,30). The molecule has 0 atom stereocenters. The van der Waals surface area contributed by atoms with Crippen molar-refractivity contribution in [1.29, 1.82) is 0 Å². The molecule has 4 rings (SSSR count). The summed E-state index contributed by atoms with van der Waals surface area (Å²) in [5.74, 6) is 0.797. The summed E-state index contributed by atoms with van der Waals surface area (Å²) in [6.07, 6.45) is 10.4. The van der Waals surface area contributed by atoms with Gasteiger partial charge >= 0.3 is 0 Å². The first-order valence-electron chi connectivity index (χ1n) is 12.7. The molecule has 8 nitrogen and oxygen atoms in total. The average Bonchev–Trinajstić information content (AvgIpc) is 3.11. The van der Waals surface area contributed by atoms with Crippen LogP contribution in [0.25, 0.3) is 0 Å². The molecule has 1 heterocycles. The lowest BCUT2D eigenvalue weighted by Gasteiger charge is -2.30. The van der Waals surface area contributed by atoms with Gasteiger partial charge in [-0.05, 0) is 62.6 Å². The van der Waals surface area contributed by atoms with Crippen LogP contribution in [0.2, 0.25) is 0 Å². The summed E-state index contributed by atoms with van der Waals surface area (Å²) < 4.78 is 34.2. The number of carbonyl (C=O) groups is 2. The highest BCUT2D eigenvalue weighted by atomic mass is 32.2. The van der Waals surface area contributed by atoms with Crippen molar-refractivity contribution < 1.29 is 22.7 Å². The van der Waals surface area contributed by atoms with Crippen molar-refractivity contribution >= 4 is 27.5 Å². The Bertz CT molecular complexity index is 980. The van der Waals surface area contributed by atoms with E-state index in [1.807, 2.05) is 0 Å². The number of nitrogens with one attached hydrogen (secondary N) is 2. The van der Waals surface area contributed by atoms with Crippen LogP contribution < -0.4 is 19.7 Å². The van der Waals surface area contributed by atoms with Gasteiger partial charge in [-0.25, -0.2) is 13.1 Å². The molecule has 0 radical (unpaired) electrons. The summed E-state index contributed by atoms with van der Waals surface area (Å²) in [5.41, 5.74) is 0.488. The van der Waals surface area contributed by atoms with Crippen molar-refractivity contribution in [3.05, 3.63) is 18.2 Å². The fraction of sp³-hybridized carbons (Fsp3) is 0.680. The second-order valence-corrected chi connectivity index (χ2v) is 11.7. The zero-order valence-electron chi connectivity index (χ0n) is 20.1. The largest absolute Gasteiger partial charge is 0.490 e. The predicted octanol–water partition coefficient (Wildman–Crippen LogP) is 3.36. The van der Waals surface area contributed by atoms with E-state index in [0.29, 0.717) is 37.2 Å². The maximum Gasteiger partial charge on any atom is 0.240 e. The number of rotatable bonds is 6. The molecular weight excluding hydrogens is 454 g/mol. The number of carbonyl (C=O) groups excluding carboxylic acids is 2. The Hall–Kier alpha value is -2.13.